The zero-order chi connectivity index (χ0) is 16.9. The van der Waals surface area contributed by atoms with E-state index in [4.69, 9.17) is 0 Å². The average Bonchev–Trinajstić information content (AvgIpc) is 2.92. The lowest BCUT2D eigenvalue weighted by Crippen LogP contribution is -2.30. The van der Waals surface area contributed by atoms with Crippen LogP contribution in [0.4, 0.5) is 4.39 Å². The van der Waals surface area contributed by atoms with Gasteiger partial charge < -0.3 is 4.90 Å². The Hall–Kier alpha value is -0.930. The molecular weight excluding hydrogens is 317 g/mol. The largest absolute Gasteiger partial charge is 0.303 e. The number of benzene rings is 1. The molecule has 1 nitrogen and oxygen atoms in total. The van der Waals surface area contributed by atoms with Gasteiger partial charge in [0, 0.05) is 15.0 Å². The van der Waals surface area contributed by atoms with Gasteiger partial charge in [-0.25, -0.2) is 4.39 Å². The van der Waals surface area contributed by atoms with Crippen LogP contribution in [-0.4, -0.2) is 24.5 Å². The van der Waals surface area contributed by atoms with Gasteiger partial charge in [-0.05, 0) is 88.3 Å². The van der Waals surface area contributed by atoms with Crippen molar-refractivity contribution in [1.82, 2.24) is 4.90 Å². The lowest BCUT2D eigenvalue weighted by molar-refractivity contribution is 0.226. The highest BCUT2D eigenvalue weighted by atomic mass is 32.1. The number of aryl methyl sites for hydroxylation is 3. The predicted octanol–water partition coefficient (Wildman–Crippen LogP) is 6.11. The zero-order valence-electron chi connectivity index (χ0n) is 15.2. The van der Waals surface area contributed by atoms with E-state index in [1.54, 1.807) is 6.07 Å². The molecular formula is C21H30FNS. The molecule has 0 spiro atoms. The topological polar surface area (TPSA) is 3.24 Å². The molecule has 2 heterocycles. The minimum absolute atomic E-state index is 0.0169. The molecule has 1 aliphatic heterocycles. The number of thiophene rings is 1. The molecule has 1 saturated heterocycles. The molecule has 24 heavy (non-hydrogen) atoms. The van der Waals surface area contributed by atoms with Gasteiger partial charge in [0.1, 0.15) is 5.82 Å². The first-order valence-electron chi connectivity index (χ1n) is 9.62. The van der Waals surface area contributed by atoms with E-state index in [1.165, 1.54) is 65.8 Å². The van der Waals surface area contributed by atoms with Crippen molar-refractivity contribution in [3.05, 3.63) is 34.0 Å². The number of piperidine rings is 1. The normalized spacial score (nSPS) is 16.1. The fourth-order valence-corrected chi connectivity index (χ4v) is 5.21. The van der Waals surface area contributed by atoms with Gasteiger partial charge in [-0.1, -0.05) is 19.8 Å². The molecule has 0 amide bonds. The number of unbranched alkanes of at least 4 members (excludes halogenated alkanes) is 1. The van der Waals surface area contributed by atoms with Crippen molar-refractivity contribution in [3.63, 3.8) is 0 Å². The molecule has 1 aromatic heterocycles. The summed E-state index contributed by atoms with van der Waals surface area (Å²) in [5.74, 6) is -0.0169. The third-order valence-electron chi connectivity index (χ3n) is 5.35. The van der Waals surface area contributed by atoms with Crippen molar-refractivity contribution in [2.24, 2.45) is 0 Å². The quantitative estimate of drug-likeness (QED) is 0.584. The van der Waals surface area contributed by atoms with Crippen molar-refractivity contribution in [2.45, 2.75) is 65.2 Å². The summed E-state index contributed by atoms with van der Waals surface area (Å²) >= 11 is 1.88. The van der Waals surface area contributed by atoms with Crippen LogP contribution in [0, 0.1) is 12.7 Å². The maximum atomic E-state index is 14.3. The van der Waals surface area contributed by atoms with Crippen LogP contribution >= 0.6 is 11.3 Å². The molecule has 1 aromatic carbocycles. The fourth-order valence-electron chi connectivity index (χ4n) is 3.93. The van der Waals surface area contributed by atoms with Gasteiger partial charge in [-0.3, -0.25) is 0 Å². The van der Waals surface area contributed by atoms with Gasteiger partial charge >= 0.3 is 0 Å². The van der Waals surface area contributed by atoms with E-state index in [-0.39, 0.29) is 5.82 Å². The van der Waals surface area contributed by atoms with E-state index in [0.717, 1.165) is 31.2 Å². The summed E-state index contributed by atoms with van der Waals surface area (Å²) in [6.45, 7) is 8.13. The molecule has 3 heteroatoms. The minimum atomic E-state index is -0.0169. The summed E-state index contributed by atoms with van der Waals surface area (Å²) in [4.78, 5) is 4.07. The Morgan fingerprint density at radius 2 is 1.88 bits per heavy atom. The summed E-state index contributed by atoms with van der Waals surface area (Å²) in [6.07, 6.45) is 9.53. The first-order chi connectivity index (χ1) is 11.7. The van der Waals surface area contributed by atoms with Gasteiger partial charge in [0.15, 0.2) is 0 Å². The number of hydrogen-bond acceptors (Lipinski definition) is 2. The number of halogens is 1. The number of rotatable bonds is 7. The van der Waals surface area contributed by atoms with Crippen LogP contribution in [0.25, 0.3) is 10.1 Å². The molecule has 0 unspecified atom stereocenters. The van der Waals surface area contributed by atoms with Crippen LogP contribution in [0.2, 0.25) is 0 Å². The Balaban J connectivity index is 1.73. The highest BCUT2D eigenvalue weighted by molar-refractivity contribution is 7.19. The molecule has 132 valence electrons. The SMILES string of the molecule is CCCCc1c(F)ccc2sc(CCCN3CCCCC3)c(C)c12. The molecule has 0 radical (unpaired) electrons. The fraction of sp³-hybridized carbons (Fsp3) is 0.619. The van der Waals surface area contributed by atoms with Crippen molar-refractivity contribution in [3.8, 4) is 0 Å². The second-order valence-electron chi connectivity index (χ2n) is 7.16. The van der Waals surface area contributed by atoms with Crippen molar-refractivity contribution in [1.29, 1.82) is 0 Å². The summed E-state index contributed by atoms with van der Waals surface area (Å²) in [5.41, 5.74) is 2.28. The van der Waals surface area contributed by atoms with E-state index in [9.17, 15) is 4.39 Å². The second-order valence-corrected chi connectivity index (χ2v) is 8.30. The number of fused-ring (bicyclic) bond motifs is 1. The van der Waals surface area contributed by atoms with Crippen LogP contribution in [0.1, 0.15) is 61.5 Å². The van der Waals surface area contributed by atoms with Crippen LogP contribution in [0.3, 0.4) is 0 Å². The van der Waals surface area contributed by atoms with Gasteiger partial charge in [-0.15, -0.1) is 11.3 Å². The molecule has 2 aromatic rings. The number of likely N-dealkylation sites (tertiary alicyclic amines) is 1. The predicted molar refractivity (Wildman–Crippen MR) is 104 cm³/mol. The van der Waals surface area contributed by atoms with E-state index < -0.39 is 0 Å². The minimum Gasteiger partial charge on any atom is -0.303 e. The first kappa shape index (κ1) is 17.9. The summed E-state index contributed by atoms with van der Waals surface area (Å²) < 4.78 is 15.6. The van der Waals surface area contributed by atoms with Crippen LogP contribution < -0.4 is 0 Å². The monoisotopic (exact) mass is 347 g/mol. The van der Waals surface area contributed by atoms with Crippen LogP contribution in [-0.2, 0) is 12.8 Å². The summed E-state index contributed by atoms with van der Waals surface area (Å²) in [6, 6.07) is 3.65. The Morgan fingerprint density at radius 1 is 1.08 bits per heavy atom. The molecule has 0 bridgehead atoms. The Labute approximate surface area is 149 Å². The van der Waals surface area contributed by atoms with Gasteiger partial charge in [0.25, 0.3) is 0 Å². The summed E-state index contributed by atoms with van der Waals surface area (Å²) in [5, 5.41) is 1.21. The molecule has 0 saturated carbocycles. The number of nitrogens with zero attached hydrogens (tertiary/aromatic N) is 1. The summed E-state index contributed by atoms with van der Waals surface area (Å²) in [7, 11) is 0. The highest BCUT2D eigenvalue weighted by Gasteiger charge is 2.16. The maximum Gasteiger partial charge on any atom is 0.127 e. The third-order valence-corrected chi connectivity index (χ3v) is 6.67. The maximum absolute atomic E-state index is 14.3. The molecule has 3 rings (SSSR count). The van der Waals surface area contributed by atoms with Crippen LogP contribution in [0.5, 0.6) is 0 Å². The van der Waals surface area contributed by atoms with E-state index in [2.05, 4.69) is 18.7 Å². The van der Waals surface area contributed by atoms with Gasteiger partial charge in [-0.2, -0.15) is 0 Å². The third kappa shape index (κ3) is 4.00. The van der Waals surface area contributed by atoms with Crippen LogP contribution in [0.15, 0.2) is 12.1 Å². The Bertz CT molecular complexity index is 670. The molecule has 1 aliphatic rings. The first-order valence-corrected chi connectivity index (χ1v) is 10.4. The van der Waals surface area contributed by atoms with Crippen molar-refractivity contribution in [2.75, 3.05) is 19.6 Å². The van der Waals surface area contributed by atoms with Gasteiger partial charge in [0.2, 0.25) is 0 Å². The second kappa shape index (κ2) is 8.44. The lowest BCUT2D eigenvalue weighted by atomic mass is 9.99. The molecule has 0 aliphatic carbocycles. The zero-order valence-corrected chi connectivity index (χ0v) is 16.0. The standard InChI is InChI=1S/C21H30FNS/c1-3-4-9-17-18(22)11-12-20-21(17)16(2)19(24-20)10-8-15-23-13-6-5-7-14-23/h11-12H,3-10,13-15H2,1-2H3. The van der Waals surface area contributed by atoms with E-state index in [1.807, 2.05) is 17.4 Å². The van der Waals surface area contributed by atoms with Crippen molar-refractivity contribution < 1.29 is 4.39 Å². The highest BCUT2D eigenvalue weighted by Crippen LogP contribution is 2.36. The number of hydrogen-bond donors (Lipinski definition) is 0. The Morgan fingerprint density at radius 3 is 2.62 bits per heavy atom. The molecule has 0 atom stereocenters. The van der Waals surface area contributed by atoms with Gasteiger partial charge in [0.05, 0.1) is 0 Å². The Kier molecular flexibility index (Phi) is 6.29. The van der Waals surface area contributed by atoms with Crippen molar-refractivity contribution >= 4 is 21.4 Å². The van der Waals surface area contributed by atoms with E-state index in [0.29, 0.717) is 0 Å². The lowest BCUT2D eigenvalue weighted by Gasteiger charge is -2.26. The van der Waals surface area contributed by atoms with E-state index >= 15 is 0 Å². The smallest absolute Gasteiger partial charge is 0.127 e. The molecule has 0 N–H and O–H groups in total. The average molecular weight is 348 g/mol. The molecule has 1 fully saturated rings.